The second-order valence-corrected chi connectivity index (χ2v) is 3.01. The third-order valence-corrected chi connectivity index (χ3v) is 2.12. The van der Waals surface area contributed by atoms with Crippen molar-refractivity contribution in [2.24, 2.45) is 5.14 Å². The number of hydrogen-bond acceptors (Lipinski definition) is 4. The van der Waals surface area contributed by atoms with E-state index in [1.165, 1.54) is 0 Å². The van der Waals surface area contributed by atoms with E-state index in [9.17, 15) is 4.79 Å². The minimum absolute atomic E-state index is 0.323. The van der Waals surface area contributed by atoms with Crippen LogP contribution in [0, 0.1) is 0 Å². The highest BCUT2D eigenvalue weighted by atomic mass is 32.2. The molecular formula is C9H11NO2S. The zero-order valence-corrected chi connectivity index (χ0v) is 8.14. The van der Waals surface area contributed by atoms with Crippen molar-refractivity contribution in [2.75, 3.05) is 6.61 Å². The minimum Gasteiger partial charge on any atom is -0.462 e. The molecule has 13 heavy (non-hydrogen) atoms. The molecule has 2 N–H and O–H groups in total. The molecule has 0 heterocycles. The van der Waals surface area contributed by atoms with Crippen LogP contribution in [-0.4, -0.2) is 12.6 Å². The van der Waals surface area contributed by atoms with Crippen molar-refractivity contribution in [2.45, 2.75) is 11.8 Å². The van der Waals surface area contributed by atoms with Crippen molar-refractivity contribution in [1.29, 1.82) is 0 Å². The summed E-state index contributed by atoms with van der Waals surface area (Å²) in [5.74, 6) is -0.323. The van der Waals surface area contributed by atoms with Gasteiger partial charge in [-0.05, 0) is 31.0 Å². The van der Waals surface area contributed by atoms with Gasteiger partial charge >= 0.3 is 5.97 Å². The average Bonchev–Trinajstić information content (AvgIpc) is 2.18. The monoisotopic (exact) mass is 197 g/mol. The Morgan fingerprint density at radius 3 is 2.85 bits per heavy atom. The Morgan fingerprint density at radius 2 is 2.23 bits per heavy atom. The number of hydrogen-bond donors (Lipinski definition) is 1. The van der Waals surface area contributed by atoms with Gasteiger partial charge in [0, 0.05) is 4.90 Å². The largest absolute Gasteiger partial charge is 0.462 e. The number of carbonyl (C=O) groups excluding carboxylic acids is 1. The molecule has 0 saturated carbocycles. The van der Waals surface area contributed by atoms with Crippen molar-refractivity contribution in [3.63, 3.8) is 0 Å². The Balaban J connectivity index is 2.92. The van der Waals surface area contributed by atoms with Crippen LogP contribution in [0.5, 0.6) is 0 Å². The van der Waals surface area contributed by atoms with Crippen LogP contribution in [0.25, 0.3) is 0 Å². The fraction of sp³-hybridized carbons (Fsp3) is 0.222. The highest BCUT2D eigenvalue weighted by Gasteiger charge is 2.10. The lowest BCUT2D eigenvalue weighted by atomic mass is 10.2. The first-order valence-corrected chi connectivity index (χ1v) is 4.80. The summed E-state index contributed by atoms with van der Waals surface area (Å²) in [5, 5.41) is 5.39. The molecule has 1 aromatic rings. The van der Waals surface area contributed by atoms with E-state index in [0.717, 1.165) is 16.8 Å². The van der Waals surface area contributed by atoms with Crippen molar-refractivity contribution in [1.82, 2.24) is 0 Å². The Kier molecular flexibility index (Phi) is 3.79. The molecule has 0 amide bonds. The first kappa shape index (κ1) is 10.1. The molecule has 0 unspecified atom stereocenters. The van der Waals surface area contributed by atoms with Gasteiger partial charge in [-0.1, -0.05) is 12.1 Å². The molecule has 0 fully saturated rings. The molecule has 0 bridgehead atoms. The van der Waals surface area contributed by atoms with Crippen LogP contribution in [0.3, 0.4) is 0 Å². The van der Waals surface area contributed by atoms with Crippen LogP contribution in [0.4, 0.5) is 0 Å². The smallest absolute Gasteiger partial charge is 0.339 e. The van der Waals surface area contributed by atoms with Crippen molar-refractivity contribution in [3.05, 3.63) is 29.8 Å². The Labute approximate surface area is 81.4 Å². The summed E-state index contributed by atoms with van der Waals surface area (Å²) in [6, 6.07) is 7.11. The van der Waals surface area contributed by atoms with Crippen LogP contribution in [0.2, 0.25) is 0 Å². The summed E-state index contributed by atoms with van der Waals surface area (Å²) in [5.41, 5.74) is 0.525. The Morgan fingerprint density at radius 1 is 1.54 bits per heavy atom. The van der Waals surface area contributed by atoms with Crippen LogP contribution < -0.4 is 5.14 Å². The second-order valence-electron chi connectivity index (χ2n) is 2.33. The lowest BCUT2D eigenvalue weighted by molar-refractivity contribution is 0.0522. The number of ether oxygens (including phenoxy) is 1. The first-order chi connectivity index (χ1) is 6.29. The van der Waals surface area contributed by atoms with Gasteiger partial charge in [-0.15, -0.1) is 0 Å². The molecule has 0 saturated heterocycles. The molecule has 70 valence electrons. The SMILES string of the molecule is CCOC(=O)c1ccccc1SN. The Bertz CT molecular complexity index is 301. The van der Waals surface area contributed by atoms with E-state index < -0.39 is 0 Å². The second kappa shape index (κ2) is 4.89. The lowest BCUT2D eigenvalue weighted by Gasteiger charge is -2.04. The van der Waals surface area contributed by atoms with E-state index in [0.29, 0.717) is 12.2 Å². The number of nitrogens with two attached hydrogens (primary N) is 1. The minimum atomic E-state index is -0.323. The molecule has 0 aliphatic carbocycles. The predicted molar refractivity (Wildman–Crippen MR) is 52.4 cm³/mol. The van der Waals surface area contributed by atoms with Gasteiger partial charge in [-0.3, -0.25) is 5.14 Å². The summed E-state index contributed by atoms with van der Waals surface area (Å²) < 4.78 is 4.86. The maximum atomic E-state index is 11.3. The van der Waals surface area contributed by atoms with Crippen LogP contribution in [-0.2, 0) is 4.74 Å². The number of esters is 1. The molecule has 3 nitrogen and oxygen atoms in total. The third kappa shape index (κ3) is 2.47. The lowest BCUT2D eigenvalue weighted by Crippen LogP contribution is -2.06. The van der Waals surface area contributed by atoms with Gasteiger partial charge in [0.2, 0.25) is 0 Å². The van der Waals surface area contributed by atoms with Gasteiger partial charge in [-0.2, -0.15) is 0 Å². The van der Waals surface area contributed by atoms with Crippen molar-refractivity contribution in [3.8, 4) is 0 Å². The zero-order chi connectivity index (χ0) is 9.68. The van der Waals surface area contributed by atoms with E-state index in [2.05, 4.69) is 0 Å². The molecular weight excluding hydrogens is 186 g/mol. The van der Waals surface area contributed by atoms with E-state index in [1.807, 2.05) is 6.07 Å². The van der Waals surface area contributed by atoms with Gasteiger partial charge in [0.25, 0.3) is 0 Å². The molecule has 0 aromatic heterocycles. The van der Waals surface area contributed by atoms with Crippen molar-refractivity contribution < 1.29 is 9.53 Å². The predicted octanol–water partition coefficient (Wildman–Crippen LogP) is 1.83. The highest BCUT2D eigenvalue weighted by molar-refractivity contribution is 7.97. The van der Waals surface area contributed by atoms with Gasteiger partial charge < -0.3 is 4.74 Å². The van der Waals surface area contributed by atoms with Gasteiger partial charge in [0.15, 0.2) is 0 Å². The van der Waals surface area contributed by atoms with Gasteiger partial charge in [-0.25, -0.2) is 4.79 Å². The molecule has 1 aromatic carbocycles. The highest BCUT2D eigenvalue weighted by Crippen LogP contribution is 2.18. The number of benzene rings is 1. The fourth-order valence-corrected chi connectivity index (χ4v) is 1.38. The zero-order valence-electron chi connectivity index (χ0n) is 7.32. The summed E-state index contributed by atoms with van der Waals surface area (Å²) in [7, 11) is 0. The summed E-state index contributed by atoms with van der Waals surface area (Å²) in [6.07, 6.45) is 0. The van der Waals surface area contributed by atoms with E-state index in [4.69, 9.17) is 9.88 Å². The standard InChI is InChI=1S/C9H11NO2S/c1-2-12-9(11)7-5-3-4-6-8(7)13-10/h3-6H,2,10H2,1H3. The molecule has 0 aliphatic heterocycles. The first-order valence-electron chi connectivity index (χ1n) is 3.92. The van der Waals surface area contributed by atoms with Gasteiger partial charge in [0.05, 0.1) is 12.2 Å². The number of carbonyl (C=O) groups is 1. The summed E-state index contributed by atoms with van der Waals surface area (Å²) in [6.45, 7) is 2.15. The molecule has 0 atom stereocenters. The fourth-order valence-electron chi connectivity index (χ4n) is 0.947. The van der Waals surface area contributed by atoms with Crippen molar-refractivity contribution >= 4 is 17.9 Å². The van der Waals surface area contributed by atoms with Crippen LogP contribution >= 0.6 is 11.9 Å². The summed E-state index contributed by atoms with van der Waals surface area (Å²) in [4.78, 5) is 12.1. The Hall–Kier alpha value is -1.00. The van der Waals surface area contributed by atoms with Gasteiger partial charge in [0.1, 0.15) is 0 Å². The maximum Gasteiger partial charge on any atom is 0.339 e. The quantitative estimate of drug-likeness (QED) is 0.593. The molecule has 1 rings (SSSR count). The third-order valence-electron chi connectivity index (χ3n) is 1.51. The molecule has 0 spiro atoms. The molecule has 0 radical (unpaired) electrons. The summed E-state index contributed by atoms with van der Waals surface area (Å²) >= 11 is 1.05. The normalized spacial score (nSPS) is 9.69. The molecule has 0 aliphatic rings. The maximum absolute atomic E-state index is 11.3. The van der Waals surface area contributed by atoms with E-state index >= 15 is 0 Å². The average molecular weight is 197 g/mol. The molecule has 4 heteroatoms. The van der Waals surface area contributed by atoms with E-state index in [-0.39, 0.29) is 5.97 Å². The topological polar surface area (TPSA) is 52.3 Å². The number of rotatable bonds is 3. The van der Waals surface area contributed by atoms with Crippen LogP contribution in [0.1, 0.15) is 17.3 Å². The van der Waals surface area contributed by atoms with Crippen LogP contribution in [0.15, 0.2) is 29.2 Å². The van der Waals surface area contributed by atoms with E-state index in [1.54, 1.807) is 25.1 Å².